The van der Waals surface area contributed by atoms with E-state index in [9.17, 15) is 23.4 Å². The van der Waals surface area contributed by atoms with E-state index in [4.69, 9.17) is 0 Å². The number of rotatable bonds is 8. The Labute approximate surface area is 197 Å². The first-order valence-corrected chi connectivity index (χ1v) is 12.1. The standard InChI is InChI=1S/C21H27N7O5S/c1-6-13(12-10-8-7-9-11-12)22-15-16(20(30)24-19(15)29)23-18-14(26-34(5,32)33)17(25-28(18)4)21(31)27(2)3/h7-11,23-24,26,29-30H,6H2,1-5H3. The number of carbonyl (C=O) groups is 1. The van der Waals surface area contributed by atoms with Crippen molar-refractivity contribution in [3.8, 4) is 11.8 Å². The number of sulfonamides is 1. The zero-order chi connectivity index (χ0) is 25.2. The number of H-pyrrole nitrogens is 1. The van der Waals surface area contributed by atoms with Gasteiger partial charge in [-0.2, -0.15) is 5.10 Å². The van der Waals surface area contributed by atoms with Crippen LogP contribution in [0.4, 0.5) is 22.9 Å². The van der Waals surface area contributed by atoms with Crippen LogP contribution in [0.2, 0.25) is 0 Å². The molecule has 1 amide bonds. The van der Waals surface area contributed by atoms with Gasteiger partial charge in [0.05, 0.1) is 6.26 Å². The first kappa shape index (κ1) is 24.6. The van der Waals surface area contributed by atoms with Gasteiger partial charge in [-0.25, -0.2) is 18.1 Å². The number of aryl methyl sites for hydroxylation is 1. The summed E-state index contributed by atoms with van der Waals surface area (Å²) in [5, 5.41) is 27.9. The molecule has 3 rings (SSSR count). The van der Waals surface area contributed by atoms with Crippen molar-refractivity contribution >= 4 is 44.5 Å². The number of carbonyl (C=O) groups excluding carboxylic acids is 1. The summed E-state index contributed by atoms with van der Waals surface area (Å²) in [6.07, 6.45) is 1.47. The molecule has 13 heteroatoms. The van der Waals surface area contributed by atoms with Gasteiger partial charge >= 0.3 is 0 Å². The maximum absolute atomic E-state index is 12.6. The Bertz CT molecular complexity index is 1340. The topological polar surface area (TPSA) is 165 Å². The lowest BCUT2D eigenvalue weighted by atomic mass is 10.1. The van der Waals surface area contributed by atoms with Crippen molar-refractivity contribution in [1.82, 2.24) is 19.7 Å². The summed E-state index contributed by atoms with van der Waals surface area (Å²) in [5.74, 6) is -1.32. The van der Waals surface area contributed by atoms with E-state index < -0.39 is 27.7 Å². The number of nitrogens with zero attached hydrogens (tertiary/aromatic N) is 4. The largest absolute Gasteiger partial charge is 0.493 e. The first-order valence-electron chi connectivity index (χ1n) is 10.2. The van der Waals surface area contributed by atoms with E-state index >= 15 is 0 Å². The fourth-order valence-electron chi connectivity index (χ4n) is 3.23. The van der Waals surface area contributed by atoms with Crippen molar-refractivity contribution in [2.45, 2.75) is 13.3 Å². The van der Waals surface area contributed by atoms with Crippen LogP contribution in [0.1, 0.15) is 29.4 Å². The second kappa shape index (κ2) is 9.47. The molecule has 2 heterocycles. The monoisotopic (exact) mass is 489 g/mol. The molecule has 5 N–H and O–H groups in total. The minimum absolute atomic E-state index is 0.00481. The van der Waals surface area contributed by atoms with Crippen LogP contribution in [0.15, 0.2) is 35.3 Å². The third-order valence-corrected chi connectivity index (χ3v) is 5.39. The molecule has 0 radical (unpaired) electrons. The van der Waals surface area contributed by atoms with Gasteiger partial charge < -0.3 is 20.4 Å². The smallest absolute Gasteiger partial charge is 0.276 e. The molecule has 0 aliphatic carbocycles. The maximum atomic E-state index is 12.6. The van der Waals surface area contributed by atoms with Crippen molar-refractivity contribution in [2.24, 2.45) is 12.0 Å². The van der Waals surface area contributed by atoms with Crippen LogP contribution in [0.5, 0.6) is 11.8 Å². The van der Waals surface area contributed by atoms with E-state index in [2.05, 4.69) is 25.1 Å². The number of benzene rings is 1. The lowest BCUT2D eigenvalue weighted by Crippen LogP contribution is -2.24. The van der Waals surface area contributed by atoms with Gasteiger partial charge in [-0.15, -0.1) is 0 Å². The minimum Gasteiger partial charge on any atom is -0.493 e. The first-order chi connectivity index (χ1) is 15.9. The number of anilines is 3. The number of nitrogens with one attached hydrogen (secondary N) is 3. The molecule has 0 saturated heterocycles. The summed E-state index contributed by atoms with van der Waals surface area (Å²) < 4.78 is 27.6. The molecule has 182 valence electrons. The molecule has 0 bridgehead atoms. The molecule has 0 atom stereocenters. The summed E-state index contributed by atoms with van der Waals surface area (Å²) >= 11 is 0. The van der Waals surface area contributed by atoms with Gasteiger partial charge in [0, 0.05) is 26.9 Å². The highest BCUT2D eigenvalue weighted by atomic mass is 32.2. The normalized spacial score (nSPS) is 12.0. The van der Waals surface area contributed by atoms with Crippen molar-refractivity contribution in [3.05, 3.63) is 41.6 Å². The summed E-state index contributed by atoms with van der Waals surface area (Å²) in [7, 11) is 0.714. The number of amides is 1. The second-order valence-electron chi connectivity index (χ2n) is 7.72. The van der Waals surface area contributed by atoms with Gasteiger partial charge in [0.2, 0.25) is 21.8 Å². The Balaban J connectivity index is 2.16. The Morgan fingerprint density at radius 1 is 1.18 bits per heavy atom. The number of hydrogen-bond acceptors (Lipinski definition) is 8. The minimum atomic E-state index is -3.80. The molecule has 12 nitrogen and oxygen atoms in total. The van der Waals surface area contributed by atoms with E-state index in [1.54, 1.807) is 0 Å². The van der Waals surface area contributed by atoms with Crippen LogP contribution in [0.25, 0.3) is 0 Å². The van der Waals surface area contributed by atoms with Crippen LogP contribution >= 0.6 is 0 Å². The zero-order valence-electron chi connectivity index (χ0n) is 19.4. The van der Waals surface area contributed by atoms with Gasteiger partial charge in [-0.05, 0) is 12.0 Å². The van der Waals surface area contributed by atoms with Crippen LogP contribution in [-0.2, 0) is 17.1 Å². The average molecular weight is 490 g/mol. The Kier molecular flexibility index (Phi) is 6.86. The van der Waals surface area contributed by atoms with Crippen LogP contribution in [-0.4, -0.2) is 70.3 Å². The summed E-state index contributed by atoms with van der Waals surface area (Å²) in [6.45, 7) is 1.90. The molecule has 3 aromatic rings. The zero-order valence-corrected chi connectivity index (χ0v) is 20.2. The lowest BCUT2D eigenvalue weighted by Gasteiger charge is -2.13. The number of aromatic hydroxyl groups is 2. The number of aromatic nitrogens is 3. The van der Waals surface area contributed by atoms with Gasteiger partial charge in [0.15, 0.2) is 17.2 Å². The Morgan fingerprint density at radius 2 is 1.82 bits per heavy atom. The van der Waals surface area contributed by atoms with Gasteiger partial charge in [0.1, 0.15) is 11.4 Å². The number of aliphatic imine (C=N–C) groups is 1. The van der Waals surface area contributed by atoms with E-state index in [-0.39, 0.29) is 28.6 Å². The van der Waals surface area contributed by atoms with Crippen molar-refractivity contribution in [1.29, 1.82) is 0 Å². The number of aromatic amines is 1. The third-order valence-electron chi connectivity index (χ3n) is 4.81. The lowest BCUT2D eigenvalue weighted by molar-refractivity contribution is 0.0822. The quantitative estimate of drug-likeness (QED) is 0.303. The van der Waals surface area contributed by atoms with E-state index in [0.717, 1.165) is 11.8 Å². The molecule has 0 saturated carbocycles. The Morgan fingerprint density at radius 3 is 2.38 bits per heavy atom. The number of hydrogen-bond donors (Lipinski definition) is 5. The second-order valence-corrected chi connectivity index (χ2v) is 9.47. The highest BCUT2D eigenvalue weighted by Gasteiger charge is 2.28. The molecule has 0 aliphatic heterocycles. The third kappa shape index (κ3) is 5.14. The molecule has 1 aromatic carbocycles. The van der Waals surface area contributed by atoms with Crippen LogP contribution in [0, 0.1) is 0 Å². The maximum Gasteiger partial charge on any atom is 0.276 e. The highest BCUT2D eigenvalue weighted by Crippen LogP contribution is 2.45. The molecule has 0 spiro atoms. The molecular weight excluding hydrogens is 462 g/mol. The van der Waals surface area contributed by atoms with E-state index in [0.29, 0.717) is 12.1 Å². The predicted molar refractivity (Wildman–Crippen MR) is 130 cm³/mol. The molecule has 2 aromatic heterocycles. The van der Waals surface area contributed by atoms with Crippen LogP contribution < -0.4 is 10.0 Å². The summed E-state index contributed by atoms with van der Waals surface area (Å²) in [4.78, 5) is 20.8. The fraction of sp³-hybridized carbons (Fsp3) is 0.286. The van der Waals surface area contributed by atoms with E-state index in [1.807, 2.05) is 37.3 Å². The SMILES string of the molecule is CCC(=Nc1c(O)[nH]c(O)c1Nc1c(NS(C)(=O)=O)c(C(=O)N(C)C)nn1C)c1ccccc1. The molecular formula is C21H27N7O5S. The van der Waals surface area contributed by atoms with Gasteiger partial charge in [-0.3, -0.25) is 14.5 Å². The highest BCUT2D eigenvalue weighted by molar-refractivity contribution is 7.92. The summed E-state index contributed by atoms with van der Waals surface area (Å²) in [6, 6.07) is 9.32. The molecule has 0 unspecified atom stereocenters. The predicted octanol–water partition coefficient (Wildman–Crippen LogP) is 2.51. The molecule has 0 fully saturated rings. The van der Waals surface area contributed by atoms with Crippen molar-refractivity contribution in [3.63, 3.8) is 0 Å². The van der Waals surface area contributed by atoms with Crippen LogP contribution in [0.3, 0.4) is 0 Å². The average Bonchev–Trinajstić information content (AvgIpc) is 3.20. The summed E-state index contributed by atoms with van der Waals surface area (Å²) in [5.41, 5.74) is 1.18. The van der Waals surface area contributed by atoms with Crippen molar-refractivity contribution in [2.75, 3.05) is 30.4 Å². The molecule has 0 aliphatic rings. The Hall–Kier alpha value is -4.00. The van der Waals surface area contributed by atoms with Gasteiger partial charge in [0.25, 0.3) is 5.91 Å². The fourth-order valence-corrected chi connectivity index (χ4v) is 3.80. The molecule has 34 heavy (non-hydrogen) atoms. The van der Waals surface area contributed by atoms with E-state index in [1.165, 1.54) is 30.7 Å². The van der Waals surface area contributed by atoms with Crippen molar-refractivity contribution < 1.29 is 23.4 Å². The van der Waals surface area contributed by atoms with Gasteiger partial charge in [-0.1, -0.05) is 37.3 Å².